The summed E-state index contributed by atoms with van der Waals surface area (Å²) >= 11 is 0. The highest BCUT2D eigenvalue weighted by molar-refractivity contribution is 5.77. The molecule has 0 aliphatic heterocycles. The Labute approximate surface area is 146 Å². The predicted molar refractivity (Wildman–Crippen MR) is 95.3 cm³/mol. The van der Waals surface area contributed by atoms with Crippen molar-refractivity contribution in [2.45, 2.75) is 18.5 Å². The minimum absolute atomic E-state index is 0.0469. The number of carboxylic acids is 1. The van der Waals surface area contributed by atoms with Gasteiger partial charge in [0.25, 0.3) is 0 Å². The summed E-state index contributed by atoms with van der Waals surface area (Å²) in [6.45, 7) is 0.736. The van der Waals surface area contributed by atoms with Gasteiger partial charge >= 0.3 is 5.97 Å². The van der Waals surface area contributed by atoms with Crippen molar-refractivity contribution in [3.8, 4) is 5.75 Å². The zero-order chi connectivity index (χ0) is 18.1. The SMILES string of the molecule is O=CC(NCCNC(C(=O)O)C1=CC=CC=CC1)c1ccccc1O. The molecule has 6 heteroatoms. The Morgan fingerprint density at radius 1 is 1.16 bits per heavy atom. The molecule has 0 aromatic heterocycles. The lowest BCUT2D eigenvalue weighted by molar-refractivity contribution is -0.138. The lowest BCUT2D eigenvalue weighted by Gasteiger charge is -2.19. The van der Waals surface area contributed by atoms with Gasteiger partial charge in [-0.2, -0.15) is 0 Å². The molecule has 2 rings (SSSR count). The second-order valence-corrected chi connectivity index (χ2v) is 5.61. The fourth-order valence-corrected chi connectivity index (χ4v) is 2.61. The van der Waals surface area contributed by atoms with Gasteiger partial charge in [0, 0.05) is 18.7 Å². The van der Waals surface area contributed by atoms with E-state index in [-0.39, 0.29) is 5.75 Å². The Morgan fingerprint density at radius 2 is 1.92 bits per heavy atom. The molecule has 4 N–H and O–H groups in total. The number of aliphatic carboxylic acids is 1. The van der Waals surface area contributed by atoms with Crippen LogP contribution in [0.4, 0.5) is 0 Å². The average Bonchev–Trinajstić information content (AvgIpc) is 2.88. The molecule has 0 saturated heterocycles. The van der Waals surface area contributed by atoms with E-state index in [4.69, 9.17) is 0 Å². The van der Waals surface area contributed by atoms with Gasteiger partial charge in [-0.1, -0.05) is 48.6 Å². The van der Waals surface area contributed by atoms with Crippen LogP contribution in [0.15, 0.2) is 60.2 Å². The number of aromatic hydroxyl groups is 1. The van der Waals surface area contributed by atoms with Crippen LogP contribution in [-0.4, -0.2) is 41.6 Å². The first-order valence-corrected chi connectivity index (χ1v) is 8.08. The number of allylic oxidation sites excluding steroid dienone is 5. The van der Waals surface area contributed by atoms with Crippen molar-refractivity contribution in [3.05, 3.63) is 65.8 Å². The second-order valence-electron chi connectivity index (χ2n) is 5.61. The molecule has 0 fully saturated rings. The van der Waals surface area contributed by atoms with E-state index in [2.05, 4.69) is 10.6 Å². The molecule has 1 aromatic carbocycles. The Hall–Kier alpha value is -2.70. The summed E-state index contributed by atoms with van der Waals surface area (Å²) in [4.78, 5) is 22.8. The second kappa shape index (κ2) is 9.56. The van der Waals surface area contributed by atoms with Gasteiger partial charge in [0.05, 0.1) is 6.04 Å². The van der Waals surface area contributed by atoms with Crippen molar-refractivity contribution in [2.24, 2.45) is 0 Å². The minimum atomic E-state index is -0.942. The summed E-state index contributed by atoms with van der Waals surface area (Å²) in [6.07, 6.45) is 10.5. The molecule has 0 spiro atoms. The van der Waals surface area contributed by atoms with Crippen LogP contribution >= 0.6 is 0 Å². The summed E-state index contributed by atoms with van der Waals surface area (Å²) in [7, 11) is 0. The molecule has 1 aliphatic carbocycles. The third kappa shape index (κ3) is 5.41. The highest BCUT2D eigenvalue weighted by Crippen LogP contribution is 2.21. The molecule has 1 aromatic rings. The number of benzene rings is 1. The molecule has 1 aliphatic rings. The smallest absolute Gasteiger partial charge is 0.325 e. The van der Waals surface area contributed by atoms with Crippen molar-refractivity contribution in [2.75, 3.05) is 13.1 Å². The van der Waals surface area contributed by atoms with Crippen LogP contribution in [0.5, 0.6) is 5.75 Å². The molecule has 132 valence electrons. The van der Waals surface area contributed by atoms with E-state index in [0.717, 1.165) is 5.57 Å². The summed E-state index contributed by atoms with van der Waals surface area (Å²) in [6, 6.07) is 5.19. The maximum absolute atomic E-state index is 11.5. The highest BCUT2D eigenvalue weighted by atomic mass is 16.4. The third-order valence-corrected chi connectivity index (χ3v) is 3.89. The van der Waals surface area contributed by atoms with Crippen LogP contribution in [0.2, 0.25) is 0 Å². The first kappa shape index (κ1) is 18.6. The topological polar surface area (TPSA) is 98.7 Å². The quantitative estimate of drug-likeness (QED) is 0.403. The Bertz CT molecular complexity index is 694. The molecular formula is C19H22N2O4. The van der Waals surface area contributed by atoms with E-state index in [1.165, 1.54) is 6.07 Å². The lowest BCUT2D eigenvalue weighted by atomic mass is 10.0. The number of phenolic OH excluding ortho intramolecular Hbond substituents is 1. The normalized spacial score (nSPS) is 15.9. The number of carboxylic acid groups (broad SMARTS) is 1. The largest absolute Gasteiger partial charge is 0.508 e. The molecule has 0 saturated carbocycles. The number of rotatable bonds is 9. The van der Waals surface area contributed by atoms with Crippen molar-refractivity contribution >= 4 is 12.3 Å². The van der Waals surface area contributed by atoms with Gasteiger partial charge < -0.3 is 20.3 Å². The van der Waals surface area contributed by atoms with Gasteiger partial charge in [0.1, 0.15) is 18.1 Å². The molecule has 6 nitrogen and oxygen atoms in total. The van der Waals surface area contributed by atoms with Gasteiger partial charge in [0.2, 0.25) is 0 Å². The van der Waals surface area contributed by atoms with Crippen LogP contribution < -0.4 is 10.6 Å². The summed E-state index contributed by atoms with van der Waals surface area (Å²) in [5.41, 5.74) is 1.26. The maximum Gasteiger partial charge on any atom is 0.325 e. The molecule has 0 radical (unpaired) electrons. The first-order valence-electron chi connectivity index (χ1n) is 8.08. The third-order valence-electron chi connectivity index (χ3n) is 3.89. The number of hydrogen-bond acceptors (Lipinski definition) is 5. The van der Waals surface area contributed by atoms with E-state index in [0.29, 0.717) is 31.4 Å². The van der Waals surface area contributed by atoms with Gasteiger partial charge in [0.15, 0.2) is 0 Å². The Kier molecular flexibility index (Phi) is 7.13. The van der Waals surface area contributed by atoms with Crippen LogP contribution in [0.3, 0.4) is 0 Å². The zero-order valence-electron chi connectivity index (χ0n) is 13.8. The fourth-order valence-electron chi connectivity index (χ4n) is 2.61. The van der Waals surface area contributed by atoms with E-state index < -0.39 is 18.1 Å². The van der Waals surface area contributed by atoms with Crippen molar-refractivity contribution < 1.29 is 19.8 Å². The average molecular weight is 342 g/mol. The molecule has 0 heterocycles. The van der Waals surface area contributed by atoms with Crippen molar-refractivity contribution in [1.29, 1.82) is 0 Å². The monoisotopic (exact) mass is 342 g/mol. The number of para-hydroxylation sites is 1. The van der Waals surface area contributed by atoms with Crippen molar-refractivity contribution in [1.82, 2.24) is 10.6 Å². The van der Waals surface area contributed by atoms with Gasteiger partial charge in [-0.25, -0.2) is 0 Å². The van der Waals surface area contributed by atoms with E-state index in [1.54, 1.807) is 24.3 Å². The Balaban J connectivity index is 1.89. The number of nitrogens with one attached hydrogen (secondary N) is 2. The van der Waals surface area contributed by atoms with Gasteiger partial charge in [-0.15, -0.1) is 0 Å². The van der Waals surface area contributed by atoms with Gasteiger partial charge in [-0.05, 0) is 18.1 Å². The molecule has 2 atom stereocenters. The van der Waals surface area contributed by atoms with Crippen LogP contribution in [-0.2, 0) is 9.59 Å². The van der Waals surface area contributed by atoms with E-state index >= 15 is 0 Å². The van der Waals surface area contributed by atoms with Crippen LogP contribution in [0.25, 0.3) is 0 Å². The predicted octanol–water partition coefficient (Wildman–Crippen LogP) is 1.71. The zero-order valence-corrected chi connectivity index (χ0v) is 13.8. The number of carbonyl (C=O) groups is 2. The lowest BCUT2D eigenvalue weighted by Crippen LogP contribution is -2.42. The maximum atomic E-state index is 11.5. The number of aldehydes is 1. The van der Waals surface area contributed by atoms with Gasteiger partial charge in [-0.3, -0.25) is 10.1 Å². The van der Waals surface area contributed by atoms with E-state index in [1.807, 2.05) is 24.3 Å². The van der Waals surface area contributed by atoms with E-state index in [9.17, 15) is 19.8 Å². The fraction of sp³-hybridized carbons (Fsp3) is 0.263. The number of carbonyl (C=O) groups excluding carboxylic acids is 1. The molecule has 25 heavy (non-hydrogen) atoms. The number of phenols is 1. The highest BCUT2D eigenvalue weighted by Gasteiger charge is 2.21. The molecule has 0 bridgehead atoms. The standard InChI is InChI=1S/C19H22N2O4/c22-13-16(15-9-5-6-10-17(15)23)20-11-12-21-18(19(24)25)14-7-3-1-2-4-8-14/h1-7,9-10,13,16,18,20-21,23H,8,11-12H2,(H,24,25). The molecule has 0 amide bonds. The molecular weight excluding hydrogens is 320 g/mol. The number of hydrogen-bond donors (Lipinski definition) is 4. The van der Waals surface area contributed by atoms with Crippen LogP contribution in [0, 0.1) is 0 Å². The molecule has 2 unspecified atom stereocenters. The summed E-state index contributed by atoms with van der Waals surface area (Å²) in [5, 5.41) is 25.2. The van der Waals surface area contributed by atoms with Crippen molar-refractivity contribution in [3.63, 3.8) is 0 Å². The first-order chi connectivity index (χ1) is 12.1. The van der Waals surface area contributed by atoms with Crippen LogP contribution in [0.1, 0.15) is 18.0 Å². The summed E-state index contributed by atoms with van der Waals surface area (Å²) < 4.78 is 0. The summed E-state index contributed by atoms with van der Waals surface area (Å²) in [5.74, 6) is -0.895. The Morgan fingerprint density at radius 3 is 2.64 bits per heavy atom. The minimum Gasteiger partial charge on any atom is -0.508 e.